The maximum atomic E-state index is 10.6. The summed E-state index contributed by atoms with van der Waals surface area (Å²) in [4.78, 5) is 18.2. The van der Waals surface area contributed by atoms with Crippen molar-refractivity contribution in [1.29, 1.82) is 0 Å². The highest BCUT2D eigenvalue weighted by atomic mass is 16.5. The molecule has 0 fully saturated rings. The Hall–Kier alpha value is -3.55. The number of fused-ring (bicyclic) bond motifs is 1. The normalized spacial score (nSPS) is 11.4. The number of nitrogens with one attached hydrogen (secondary N) is 2. The smallest absolute Gasteiger partial charge is 0.341 e. The first kappa shape index (κ1) is 17.3. The molecule has 0 unspecified atom stereocenters. The first-order chi connectivity index (χ1) is 12.6. The van der Waals surface area contributed by atoms with Crippen LogP contribution in [-0.4, -0.2) is 40.5 Å². The molecular weight excluding hydrogens is 336 g/mol. The Kier molecular flexibility index (Phi) is 5.02. The van der Waals surface area contributed by atoms with Crippen LogP contribution in [0.25, 0.3) is 11.0 Å². The molecule has 3 aromatic rings. The van der Waals surface area contributed by atoms with Crippen LogP contribution in [0, 0.1) is 0 Å². The van der Waals surface area contributed by atoms with E-state index in [0.717, 1.165) is 16.6 Å². The fraction of sp³-hybridized carbons (Fsp3) is 0.167. The van der Waals surface area contributed by atoms with Crippen molar-refractivity contribution in [2.45, 2.75) is 6.92 Å². The lowest BCUT2D eigenvalue weighted by molar-refractivity contribution is -0.139. The first-order valence-electron chi connectivity index (χ1n) is 7.85. The summed E-state index contributed by atoms with van der Waals surface area (Å²) in [6.07, 6.45) is 0. The second-order valence-electron chi connectivity index (χ2n) is 5.46. The Labute approximate surface area is 149 Å². The Morgan fingerprint density at radius 1 is 1.27 bits per heavy atom. The number of imidazole rings is 1. The van der Waals surface area contributed by atoms with E-state index in [9.17, 15) is 4.79 Å². The van der Waals surface area contributed by atoms with Gasteiger partial charge in [0.1, 0.15) is 0 Å². The standard InChI is InChI=1S/C18H18N4O4/c1-11(21-22-18-19-13-5-3-4-6-14(13)20-18)12-7-8-15(16(9-12)25-2)26-10-17(23)24/h3-9H,10H2,1-2H3,(H,23,24)(H2,19,20,22)/b21-11-. The van der Waals surface area contributed by atoms with Crippen molar-refractivity contribution in [3.8, 4) is 11.5 Å². The molecule has 3 rings (SSSR count). The molecule has 0 saturated carbocycles. The molecule has 3 N–H and O–H groups in total. The van der Waals surface area contributed by atoms with E-state index in [2.05, 4.69) is 20.5 Å². The molecule has 1 heterocycles. The highest BCUT2D eigenvalue weighted by molar-refractivity contribution is 5.99. The van der Waals surface area contributed by atoms with Gasteiger partial charge in [0.2, 0.25) is 5.95 Å². The summed E-state index contributed by atoms with van der Waals surface area (Å²) in [5.41, 5.74) is 6.17. The molecule has 2 aromatic carbocycles. The van der Waals surface area contributed by atoms with Crippen LogP contribution in [0.2, 0.25) is 0 Å². The number of anilines is 1. The van der Waals surface area contributed by atoms with Crippen LogP contribution in [0.3, 0.4) is 0 Å². The minimum absolute atomic E-state index is 0.358. The summed E-state index contributed by atoms with van der Waals surface area (Å²) in [6, 6.07) is 12.9. The number of hydrazone groups is 1. The Bertz CT molecular complexity index is 932. The quantitative estimate of drug-likeness (QED) is 0.445. The molecule has 26 heavy (non-hydrogen) atoms. The van der Waals surface area contributed by atoms with Gasteiger partial charge in [-0.2, -0.15) is 5.10 Å². The van der Waals surface area contributed by atoms with Gasteiger partial charge in [0.25, 0.3) is 0 Å². The van der Waals surface area contributed by atoms with E-state index in [1.165, 1.54) is 7.11 Å². The van der Waals surface area contributed by atoms with E-state index >= 15 is 0 Å². The third-order valence-electron chi connectivity index (χ3n) is 3.65. The summed E-state index contributed by atoms with van der Waals surface area (Å²) < 4.78 is 10.5. The molecule has 0 spiro atoms. The van der Waals surface area contributed by atoms with Gasteiger partial charge in [-0.3, -0.25) is 0 Å². The van der Waals surface area contributed by atoms with E-state index in [1.807, 2.05) is 31.2 Å². The van der Waals surface area contributed by atoms with Crippen molar-refractivity contribution in [3.05, 3.63) is 48.0 Å². The number of methoxy groups -OCH3 is 1. The number of carbonyl (C=O) groups is 1. The molecule has 8 heteroatoms. The third-order valence-corrected chi connectivity index (χ3v) is 3.65. The number of carboxylic acid groups (broad SMARTS) is 1. The number of H-pyrrole nitrogens is 1. The van der Waals surface area contributed by atoms with Crippen molar-refractivity contribution in [3.63, 3.8) is 0 Å². The van der Waals surface area contributed by atoms with Crippen molar-refractivity contribution in [2.75, 3.05) is 19.1 Å². The van der Waals surface area contributed by atoms with Gasteiger partial charge in [0, 0.05) is 5.56 Å². The summed E-state index contributed by atoms with van der Waals surface area (Å²) in [5, 5.41) is 13.0. The van der Waals surface area contributed by atoms with Gasteiger partial charge in [-0.15, -0.1) is 0 Å². The fourth-order valence-electron chi connectivity index (χ4n) is 2.36. The zero-order chi connectivity index (χ0) is 18.5. The van der Waals surface area contributed by atoms with Gasteiger partial charge >= 0.3 is 5.97 Å². The van der Waals surface area contributed by atoms with Crippen molar-refractivity contribution in [2.24, 2.45) is 5.10 Å². The van der Waals surface area contributed by atoms with Crippen LogP contribution in [-0.2, 0) is 4.79 Å². The fourth-order valence-corrected chi connectivity index (χ4v) is 2.36. The molecule has 134 valence electrons. The maximum Gasteiger partial charge on any atom is 0.341 e. The summed E-state index contributed by atoms with van der Waals surface area (Å²) in [7, 11) is 1.49. The Morgan fingerprint density at radius 2 is 2.08 bits per heavy atom. The molecule has 0 aliphatic rings. The molecule has 8 nitrogen and oxygen atoms in total. The number of carboxylic acids is 1. The highest BCUT2D eigenvalue weighted by Crippen LogP contribution is 2.28. The van der Waals surface area contributed by atoms with Crippen molar-refractivity contribution < 1.29 is 19.4 Å². The van der Waals surface area contributed by atoms with Gasteiger partial charge in [-0.05, 0) is 37.3 Å². The second-order valence-corrected chi connectivity index (χ2v) is 5.46. The Morgan fingerprint density at radius 3 is 2.81 bits per heavy atom. The number of hydrogen-bond donors (Lipinski definition) is 3. The van der Waals surface area contributed by atoms with Gasteiger partial charge in [0.15, 0.2) is 18.1 Å². The molecule has 0 amide bonds. The largest absolute Gasteiger partial charge is 0.493 e. The second kappa shape index (κ2) is 7.56. The van der Waals surface area contributed by atoms with Crippen LogP contribution >= 0.6 is 0 Å². The summed E-state index contributed by atoms with van der Waals surface area (Å²) in [6.45, 7) is 1.40. The number of nitrogens with zero attached hydrogens (tertiary/aromatic N) is 2. The average Bonchev–Trinajstić information content (AvgIpc) is 3.07. The zero-order valence-electron chi connectivity index (χ0n) is 14.3. The Balaban J connectivity index is 1.76. The number of aliphatic carboxylic acids is 1. The molecule has 0 aliphatic heterocycles. The summed E-state index contributed by atoms with van der Waals surface area (Å²) in [5.74, 6) is 0.279. The van der Waals surface area contributed by atoms with Gasteiger partial charge < -0.3 is 19.6 Å². The predicted octanol–water partition coefficient (Wildman–Crippen LogP) is 2.87. The summed E-state index contributed by atoms with van der Waals surface area (Å²) >= 11 is 0. The van der Waals surface area contributed by atoms with Crippen molar-refractivity contribution in [1.82, 2.24) is 9.97 Å². The topological polar surface area (TPSA) is 109 Å². The third kappa shape index (κ3) is 3.92. The van der Waals surface area contributed by atoms with Crippen LogP contribution in [0.5, 0.6) is 11.5 Å². The molecule has 0 bridgehead atoms. The van der Waals surface area contributed by atoms with Crippen LogP contribution in [0.15, 0.2) is 47.6 Å². The highest BCUT2D eigenvalue weighted by Gasteiger charge is 2.09. The van der Waals surface area contributed by atoms with Gasteiger partial charge in [-0.25, -0.2) is 15.2 Å². The molecule has 0 aliphatic carbocycles. The van der Waals surface area contributed by atoms with E-state index in [4.69, 9.17) is 14.6 Å². The van der Waals surface area contributed by atoms with E-state index in [-0.39, 0.29) is 0 Å². The zero-order valence-corrected chi connectivity index (χ0v) is 14.3. The SMILES string of the molecule is COc1cc(/C(C)=N\Nc2nc3ccccc3[nH]2)ccc1OCC(=O)O. The number of ether oxygens (including phenoxy) is 2. The van der Waals surface area contributed by atoms with E-state index in [0.29, 0.717) is 23.2 Å². The minimum Gasteiger partial charge on any atom is -0.493 e. The first-order valence-corrected chi connectivity index (χ1v) is 7.85. The number of aromatic amines is 1. The lowest BCUT2D eigenvalue weighted by atomic mass is 10.1. The number of benzene rings is 2. The number of aromatic nitrogens is 2. The number of para-hydroxylation sites is 2. The van der Waals surface area contributed by atoms with Gasteiger partial charge in [0.05, 0.1) is 23.9 Å². The average molecular weight is 354 g/mol. The lowest BCUT2D eigenvalue weighted by Crippen LogP contribution is -2.10. The maximum absolute atomic E-state index is 10.6. The molecule has 0 atom stereocenters. The van der Waals surface area contributed by atoms with Gasteiger partial charge in [-0.1, -0.05) is 12.1 Å². The van der Waals surface area contributed by atoms with Crippen LogP contribution in [0.4, 0.5) is 5.95 Å². The molecule has 1 aromatic heterocycles. The number of rotatable bonds is 7. The number of hydrogen-bond acceptors (Lipinski definition) is 6. The van der Waals surface area contributed by atoms with E-state index < -0.39 is 12.6 Å². The van der Waals surface area contributed by atoms with Crippen molar-refractivity contribution >= 4 is 28.7 Å². The lowest BCUT2D eigenvalue weighted by Gasteiger charge is -2.11. The molecular formula is C18H18N4O4. The predicted molar refractivity (Wildman–Crippen MR) is 98.1 cm³/mol. The van der Waals surface area contributed by atoms with Crippen LogP contribution in [0.1, 0.15) is 12.5 Å². The molecule has 0 saturated heterocycles. The molecule has 0 radical (unpaired) electrons. The monoisotopic (exact) mass is 354 g/mol. The minimum atomic E-state index is -1.05. The van der Waals surface area contributed by atoms with E-state index in [1.54, 1.807) is 18.2 Å². The van der Waals surface area contributed by atoms with Crippen LogP contribution < -0.4 is 14.9 Å².